The van der Waals surface area contributed by atoms with E-state index in [1.165, 1.54) is 0 Å². The standard InChI is InChI=1S/C16H15N5O2/c22-15(13-8-17-7-10-3-1-2-4-12(10)13)19-16-18-14(20-21-16)11-5-6-23-9-11/h1-6,9,13,17H,7-8H2,(H2,18,19,20,21,22). The minimum atomic E-state index is -0.254. The van der Waals surface area contributed by atoms with Crippen LogP contribution in [0.1, 0.15) is 17.0 Å². The number of furan rings is 1. The Morgan fingerprint density at radius 1 is 1.30 bits per heavy atom. The molecule has 3 heterocycles. The van der Waals surface area contributed by atoms with E-state index in [1.54, 1.807) is 18.6 Å². The van der Waals surface area contributed by atoms with Crippen molar-refractivity contribution in [1.29, 1.82) is 0 Å². The quantitative estimate of drug-likeness (QED) is 0.686. The number of carbonyl (C=O) groups is 1. The van der Waals surface area contributed by atoms with Crippen LogP contribution in [-0.2, 0) is 11.3 Å². The first-order chi connectivity index (χ1) is 11.3. The highest BCUT2D eigenvalue weighted by Gasteiger charge is 2.26. The van der Waals surface area contributed by atoms with Gasteiger partial charge in [0.2, 0.25) is 11.9 Å². The highest BCUT2D eigenvalue weighted by molar-refractivity contribution is 5.95. The predicted molar refractivity (Wildman–Crippen MR) is 83.6 cm³/mol. The summed E-state index contributed by atoms with van der Waals surface area (Å²) in [6.07, 6.45) is 3.12. The predicted octanol–water partition coefficient (Wildman–Crippen LogP) is 1.89. The van der Waals surface area contributed by atoms with E-state index in [-0.39, 0.29) is 17.8 Å². The fourth-order valence-electron chi connectivity index (χ4n) is 2.77. The molecule has 0 bridgehead atoms. The summed E-state index contributed by atoms with van der Waals surface area (Å²) in [6.45, 7) is 1.38. The van der Waals surface area contributed by atoms with Gasteiger partial charge in [0.1, 0.15) is 6.26 Å². The Labute approximate surface area is 132 Å². The van der Waals surface area contributed by atoms with E-state index in [0.717, 1.165) is 23.2 Å². The lowest BCUT2D eigenvalue weighted by Gasteiger charge is -2.24. The zero-order valence-electron chi connectivity index (χ0n) is 12.2. The molecule has 1 aromatic carbocycles. The van der Waals surface area contributed by atoms with E-state index in [9.17, 15) is 4.79 Å². The maximum absolute atomic E-state index is 12.6. The number of hydrogen-bond acceptors (Lipinski definition) is 5. The molecule has 23 heavy (non-hydrogen) atoms. The third kappa shape index (κ3) is 2.62. The molecular weight excluding hydrogens is 294 g/mol. The molecule has 1 amide bonds. The number of aromatic amines is 1. The maximum atomic E-state index is 12.6. The van der Waals surface area contributed by atoms with E-state index in [2.05, 4.69) is 25.8 Å². The molecule has 1 atom stereocenters. The summed E-state index contributed by atoms with van der Waals surface area (Å²) in [6, 6.07) is 9.73. The van der Waals surface area contributed by atoms with E-state index < -0.39 is 0 Å². The van der Waals surface area contributed by atoms with Gasteiger partial charge in [-0.1, -0.05) is 24.3 Å². The van der Waals surface area contributed by atoms with Crippen molar-refractivity contribution >= 4 is 11.9 Å². The van der Waals surface area contributed by atoms with Gasteiger partial charge in [-0.05, 0) is 17.2 Å². The van der Waals surface area contributed by atoms with Gasteiger partial charge in [0.05, 0.1) is 17.7 Å². The molecule has 3 N–H and O–H groups in total. The highest BCUT2D eigenvalue weighted by Crippen LogP contribution is 2.25. The van der Waals surface area contributed by atoms with Crippen LogP contribution in [0.5, 0.6) is 0 Å². The average Bonchev–Trinajstić information content (AvgIpc) is 3.25. The molecule has 7 nitrogen and oxygen atoms in total. The number of hydrogen-bond donors (Lipinski definition) is 3. The van der Waals surface area contributed by atoms with Gasteiger partial charge in [-0.15, -0.1) is 5.10 Å². The van der Waals surface area contributed by atoms with Crippen LogP contribution >= 0.6 is 0 Å². The van der Waals surface area contributed by atoms with E-state index in [4.69, 9.17) is 4.42 Å². The number of nitrogens with zero attached hydrogens (tertiary/aromatic N) is 2. The van der Waals surface area contributed by atoms with E-state index in [1.807, 2.05) is 24.3 Å². The SMILES string of the molecule is O=C(Nc1n[nH]c(-c2ccoc2)n1)C1CNCc2ccccc21. The first-order valence-corrected chi connectivity index (χ1v) is 7.35. The van der Waals surface area contributed by atoms with Gasteiger partial charge in [0.15, 0.2) is 5.82 Å². The lowest BCUT2D eigenvalue weighted by Crippen LogP contribution is -2.35. The lowest BCUT2D eigenvalue weighted by molar-refractivity contribution is -0.117. The Bertz CT molecular complexity index is 825. The van der Waals surface area contributed by atoms with Gasteiger partial charge in [-0.3, -0.25) is 15.2 Å². The van der Waals surface area contributed by atoms with Crippen LogP contribution in [0.15, 0.2) is 47.3 Å². The smallest absolute Gasteiger partial charge is 0.249 e. The summed E-state index contributed by atoms with van der Waals surface area (Å²) in [5.74, 6) is 0.434. The molecule has 0 spiro atoms. The summed E-state index contributed by atoms with van der Waals surface area (Å²) in [4.78, 5) is 16.8. The maximum Gasteiger partial charge on any atom is 0.249 e. The van der Waals surface area contributed by atoms with Crippen molar-refractivity contribution in [3.05, 3.63) is 54.0 Å². The third-order valence-electron chi connectivity index (χ3n) is 3.93. The molecule has 116 valence electrons. The second-order valence-electron chi connectivity index (χ2n) is 5.39. The van der Waals surface area contributed by atoms with Crippen molar-refractivity contribution in [1.82, 2.24) is 20.5 Å². The van der Waals surface area contributed by atoms with Crippen molar-refractivity contribution in [2.75, 3.05) is 11.9 Å². The van der Waals surface area contributed by atoms with Gasteiger partial charge >= 0.3 is 0 Å². The number of fused-ring (bicyclic) bond motifs is 1. The van der Waals surface area contributed by atoms with Gasteiger partial charge in [-0.2, -0.15) is 4.98 Å². The summed E-state index contributed by atoms with van der Waals surface area (Å²) in [5, 5.41) is 12.9. The van der Waals surface area contributed by atoms with Crippen molar-refractivity contribution in [2.24, 2.45) is 0 Å². The molecule has 4 rings (SSSR count). The molecule has 7 heteroatoms. The van der Waals surface area contributed by atoms with Crippen LogP contribution in [0.4, 0.5) is 5.95 Å². The van der Waals surface area contributed by atoms with Gasteiger partial charge in [0.25, 0.3) is 0 Å². The fourth-order valence-corrected chi connectivity index (χ4v) is 2.77. The number of nitrogens with one attached hydrogen (secondary N) is 3. The Balaban J connectivity index is 1.53. The summed E-state index contributed by atoms with van der Waals surface area (Å²) < 4.78 is 5.01. The van der Waals surface area contributed by atoms with Gasteiger partial charge < -0.3 is 9.73 Å². The number of rotatable bonds is 3. The van der Waals surface area contributed by atoms with Crippen molar-refractivity contribution in [3.8, 4) is 11.4 Å². The summed E-state index contributed by atoms with van der Waals surface area (Å²) >= 11 is 0. The largest absolute Gasteiger partial charge is 0.472 e. The van der Waals surface area contributed by atoms with Crippen LogP contribution in [0, 0.1) is 0 Å². The minimum absolute atomic E-state index is 0.123. The molecule has 0 aliphatic carbocycles. The molecule has 1 unspecified atom stereocenters. The number of amides is 1. The Morgan fingerprint density at radius 3 is 3.09 bits per heavy atom. The topological polar surface area (TPSA) is 95.8 Å². The van der Waals surface area contributed by atoms with Crippen LogP contribution in [0.25, 0.3) is 11.4 Å². The summed E-state index contributed by atoms with van der Waals surface area (Å²) in [5.41, 5.74) is 2.98. The first-order valence-electron chi connectivity index (χ1n) is 7.35. The van der Waals surface area contributed by atoms with Crippen molar-refractivity contribution < 1.29 is 9.21 Å². The number of benzene rings is 1. The first kappa shape index (κ1) is 13.7. The molecule has 1 aliphatic rings. The third-order valence-corrected chi connectivity index (χ3v) is 3.93. The molecule has 0 fully saturated rings. The molecule has 0 saturated carbocycles. The van der Waals surface area contributed by atoms with Crippen LogP contribution < -0.4 is 10.6 Å². The zero-order valence-corrected chi connectivity index (χ0v) is 12.2. The molecule has 0 saturated heterocycles. The monoisotopic (exact) mass is 309 g/mol. The number of carbonyl (C=O) groups excluding carboxylic acids is 1. The number of anilines is 1. The van der Waals surface area contributed by atoms with E-state index in [0.29, 0.717) is 12.4 Å². The Hall–Kier alpha value is -2.93. The molecule has 2 aromatic heterocycles. The van der Waals surface area contributed by atoms with Crippen LogP contribution in [0.2, 0.25) is 0 Å². The molecule has 3 aromatic rings. The average molecular weight is 309 g/mol. The second kappa shape index (κ2) is 5.69. The zero-order chi connectivity index (χ0) is 15.6. The molecule has 0 radical (unpaired) electrons. The van der Waals surface area contributed by atoms with Crippen LogP contribution in [-0.4, -0.2) is 27.6 Å². The van der Waals surface area contributed by atoms with Crippen molar-refractivity contribution in [3.63, 3.8) is 0 Å². The fraction of sp³-hybridized carbons (Fsp3) is 0.188. The highest BCUT2D eigenvalue weighted by atomic mass is 16.3. The number of aromatic nitrogens is 3. The summed E-state index contributed by atoms with van der Waals surface area (Å²) in [7, 11) is 0. The van der Waals surface area contributed by atoms with Gasteiger partial charge in [0, 0.05) is 13.1 Å². The van der Waals surface area contributed by atoms with E-state index >= 15 is 0 Å². The normalized spacial score (nSPS) is 16.8. The van der Waals surface area contributed by atoms with Crippen LogP contribution in [0.3, 0.4) is 0 Å². The Kier molecular flexibility index (Phi) is 3.39. The second-order valence-corrected chi connectivity index (χ2v) is 5.39. The lowest BCUT2D eigenvalue weighted by atomic mass is 9.90. The Morgan fingerprint density at radius 2 is 2.22 bits per heavy atom. The number of H-pyrrole nitrogens is 1. The molecule has 1 aliphatic heterocycles. The molecular formula is C16H15N5O2. The minimum Gasteiger partial charge on any atom is -0.472 e. The van der Waals surface area contributed by atoms with Crippen molar-refractivity contribution in [2.45, 2.75) is 12.5 Å². The van der Waals surface area contributed by atoms with Gasteiger partial charge in [-0.25, -0.2) is 0 Å².